The summed E-state index contributed by atoms with van der Waals surface area (Å²) in [6.07, 6.45) is 1.94. The third kappa shape index (κ3) is 3.71. The van der Waals surface area contributed by atoms with Crippen molar-refractivity contribution in [2.75, 3.05) is 0 Å². The van der Waals surface area contributed by atoms with E-state index in [2.05, 4.69) is 18.9 Å². The molecule has 1 aromatic heterocycles. The van der Waals surface area contributed by atoms with Crippen molar-refractivity contribution in [3.63, 3.8) is 0 Å². The summed E-state index contributed by atoms with van der Waals surface area (Å²) in [4.78, 5) is 10.4. The van der Waals surface area contributed by atoms with Gasteiger partial charge in [-0.1, -0.05) is 13.8 Å². The zero-order chi connectivity index (χ0) is 11.4. The minimum absolute atomic E-state index is 0.284. The van der Waals surface area contributed by atoms with Crippen LogP contribution in [-0.2, 0) is 11.3 Å². The third-order valence-electron chi connectivity index (χ3n) is 1.96. The summed E-state index contributed by atoms with van der Waals surface area (Å²) in [5.74, 6) is -0.548. The van der Waals surface area contributed by atoms with E-state index in [4.69, 9.17) is 5.11 Å². The molecule has 1 unspecified atom stereocenters. The molecule has 0 radical (unpaired) electrons. The highest BCUT2D eigenvalue weighted by Crippen LogP contribution is 2.15. The van der Waals surface area contributed by atoms with Gasteiger partial charge in [-0.15, -0.1) is 0 Å². The highest BCUT2D eigenvalue weighted by atomic mass is 16.4. The average molecular weight is 212 g/mol. The predicted octanol–water partition coefficient (Wildman–Crippen LogP) is 1.05. The average Bonchev–Trinajstić information content (AvgIpc) is 2.50. The Balaban J connectivity index is 2.62. The predicted molar refractivity (Wildman–Crippen MR) is 54.3 cm³/mol. The zero-order valence-electron chi connectivity index (χ0n) is 8.92. The Morgan fingerprint density at radius 3 is 2.80 bits per heavy atom. The fraction of sp³-hybridized carbons (Fsp3) is 0.600. The molecule has 0 aliphatic rings. The van der Waals surface area contributed by atoms with E-state index in [1.165, 1.54) is 6.20 Å². The molecule has 15 heavy (non-hydrogen) atoms. The topological polar surface area (TPSA) is 75.4 Å². The minimum Gasteiger partial charge on any atom is -0.481 e. The number of aliphatic hydroxyl groups is 1. The van der Waals surface area contributed by atoms with Crippen molar-refractivity contribution < 1.29 is 15.0 Å². The number of carboxylic acid groups (broad SMARTS) is 1. The van der Waals surface area contributed by atoms with Gasteiger partial charge in [0.2, 0.25) is 0 Å². The molecular weight excluding hydrogens is 196 g/mol. The van der Waals surface area contributed by atoms with Crippen LogP contribution in [0.1, 0.15) is 31.9 Å². The summed E-state index contributed by atoms with van der Waals surface area (Å²) < 4.78 is 1.71. The van der Waals surface area contributed by atoms with E-state index < -0.39 is 12.1 Å². The van der Waals surface area contributed by atoms with E-state index in [-0.39, 0.29) is 6.42 Å². The van der Waals surface area contributed by atoms with Crippen molar-refractivity contribution in [2.45, 2.75) is 32.9 Å². The summed E-state index contributed by atoms with van der Waals surface area (Å²) in [7, 11) is 0. The first-order valence-electron chi connectivity index (χ1n) is 4.91. The molecule has 5 heteroatoms. The summed E-state index contributed by atoms with van der Waals surface area (Å²) in [6, 6.07) is 0. The molecule has 0 bridgehead atoms. The van der Waals surface area contributed by atoms with E-state index in [0.29, 0.717) is 11.5 Å². The number of aromatic nitrogens is 2. The van der Waals surface area contributed by atoms with E-state index in [0.717, 1.165) is 6.54 Å². The molecular formula is C10H16N2O3. The standard InChI is InChI=1S/C10H16N2O3/c1-7(2)5-12-6-8(4-11-12)9(13)3-10(14)15/h4,6-7,9,13H,3,5H2,1-2H3,(H,14,15). The summed E-state index contributed by atoms with van der Waals surface area (Å²) >= 11 is 0. The van der Waals surface area contributed by atoms with Gasteiger partial charge in [0, 0.05) is 18.3 Å². The van der Waals surface area contributed by atoms with Gasteiger partial charge >= 0.3 is 5.97 Å². The first-order valence-corrected chi connectivity index (χ1v) is 4.91. The van der Waals surface area contributed by atoms with Crippen LogP contribution in [0.3, 0.4) is 0 Å². The second kappa shape index (κ2) is 4.93. The highest BCUT2D eigenvalue weighted by molar-refractivity contribution is 5.67. The van der Waals surface area contributed by atoms with Crippen LogP contribution in [0.15, 0.2) is 12.4 Å². The van der Waals surface area contributed by atoms with Crippen LogP contribution in [0, 0.1) is 5.92 Å². The number of hydrogen-bond donors (Lipinski definition) is 2. The van der Waals surface area contributed by atoms with Gasteiger partial charge in [0.05, 0.1) is 18.7 Å². The van der Waals surface area contributed by atoms with Gasteiger partial charge in [0.15, 0.2) is 0 Å². The maximum absolute atomic E-state index is 10.4. The maximum Gasteiger partial charge on any atom is 0.306 e. The maximum atomic E-state index is 10.4. The molecule has 0 saturated carbocycles. The van der Waals surface area contributed by atoms with Gasteiger partial charge in [-0.05, 0) is 5.92 Å². The molecule has 5 nitrogen and oxygen atoms in total. The number of aliphatic hydroxyl groups excluding tert-OH is 1. The van der Waals surface area contributed by atoms with Crippen molar-refractivity contribution in [2.24, 2.45) is 5.92 Å². The Labute approximate surface area is 88.3 Å². The van der Waals surface area contributed by atoms with Gasteiger partial charge in [-0.2, -0.15) is 5.10 Å². The van der Waals surface area contributed by atoms with Crippen molar-refractivity contribution in [3.05, 3.63) is 18.0 Å². The Morgan fingerprint density at radius 1 is 1.60 bits per heavy atom. The number of carbonyl (C=O) groups is 1. The Kier molecular flexibility index (Phi) is 3.85. The lowest BCUT2D eigenvalue weighted by molar-refractivity contribution is -0.139. The SMILES string of the molecule is CC(C)Cn1cc(C(O)CC(=O)O)cn1. The summed E-state index contributed by atoms with van der Waals surface area (Å²) in [6.45, 7) is 4.89. The van der Waals surface area contributed by atoms with E-state index in [1.807, 2.05) is 0 Å². The lowest BCUT2D eigenvalue weighted by Gasteiger charge is -2.05. The van der Waals surface area contributed by atoms with Gasteiger partial charge in [-0.3, -0.25) is 9.48 Å². The van der Waals surface area contributed by atoms with Crippen LogP contribution in [0.2, 0.25) is 0 Å². The van der Waals surface area contributed by atoms with Crippen LogP contribution >= 0.6 is 0 Å². The van der Waals surface area contributed by atoms with Crippen molar-refractivity contribution >= 4 is 5.97 Å². The largest absolute Gasteiger partial charge is 0.481 e. The molecule has 84 valence electrons. The van der Waals surface area contributed by atoms with E-state index in [1.54, 1.807) is 10.9 Å². The Morgan fingerprint density at radius 2 is 2.27 bits per heavy atom. The molecule has 0 aromatic carbocycles. The molecule has 0 amide bonds. The number of rotatable bonds is 5. The number of carboxylic acids is 1. The van der Waals surface area contributed by atoms with Gasteiger partial charge in [0.25, 0.3) is 0 Å². The monoisotopic (exact) mass is 212 g/mol. The van der Waals surface area contributed by atoms with Crippen LogP contribution in [0.4, 0.5) is 0 Å². The minimum atomic E-state index is -1.01. The number of aliphatic carboxylic acids is 1. The normalized spacial score (nSPS) is 13.1. The second-order valence-corrected chi connectivity index (χ2v) is 4.00. The molecule has 1 rings (SSSR count). The summed E-state index contributed by atoms with van der Waals surface area (Å²) in [5.41, 5.74) is 0.554. The van der Waals surface area contributed by atoms with Crippen molar-refractivity contribution in [3.8, 4) is 0 Å². The molecule has 1 atom stereocenters. The smallest absolute Gasteiger partial charge is 0.306 e. The van der Waals surface area contributed by atoms with Crippen LogP contribution < -0.4 is 0 Å². The zero-order valence-corrected chi connectivity index (χ0v) is 8.92. The van der Waals surface area contributed by atoms with Crippen LogP contribution in [0.5, 0.6) is 0 Å². The molecule has 0 aliphatic carbocycles. The highest BCUT2D eigenvalue weighted by Gasteiger charge is 2.14. The van der Waals surface area contributed by atoms with Crippen molar-refractivity contribution in [1.29, 1.82) is 0 Å². The quantitative estimate of drug-likeness (QED) is 0.764. The molecule has 1 heterocycles. The molecule has 0 fully saturated rings. The Hall–Kier alpha value is -1.36. The van der Waals surface area contributed by atoms with Crippen LogP contribution in [0.25, 0.3) is 0 Å². The first kappa shape index (κ1) is 11.7. The molecule has 0 spiro atoms. The lowest BCUT2D eigenvalue weighted by atomic mass is 10.1. The van der Waals surface area contributed by atoms with Crippen LogP contribution in [-0.4, -0.2) is 26.0 Å². The van der Waals surface area contributed by atoms with Gasteiger partial charge < -0.3 is 10.2 Å². The lowest BCUT2D eigenvalue weighted by Crippen LogP contribution is -2.06. The molecule has 0 saturated heterocycles. The van der Waals surface area contributed by atoms with Gasteiger partial charge in [-0.25, -0.2) is 0 Å². The third-order valence-corrected chi connectivity index (χ3v) is 1.96. The fourth-order valence-corrected chi connectivity index (χ4v) is 1.31. The molecule has 2 N–H and O–H groups in total. The molecule has 1 aromatic rings. The fourth-order valence-electron chi connectivity index (χ4n) is 1.31. The second-order valence-electron chi connectivity index (χ2n) is 4.00. The first-order chi connectivity index (χ1) is 6.99. The van der Waals surface area contributed by atoms with E-state index in [9.17, 15) is 9.90 Å². The molecule has 0 aliphatic heterocycles. The number of nitrogens with zero attached hydrogens (tertiary/aromatic N) is 2. The van der Waals surface area contributed by atoms with Crippen molar-refractivity contribution in [1.82, 2.24) is 9.78 Å². The summed E-state index contributed by atoms with van der Waals surface area (Å²) in [5, 5.41) is 22.1. The van der Waals surface area contributed by atoms with E-state index >= 15 is 0 Å². The number of hydrogen-bond acceptors (Lipinski definition) is 3. The Bertz CT molecular complexity index is 333. The van der Waals surface area contributed by atoms with Gasteiger partial charge in [0.1, 0.15) is 0 Å².